The summed E-state index contributed by atoms with van der Waals surface area (Å²) in [6.45, 7) is 1.08. The fraction of sp³-hybridized carbons (Fsp3) is 0.280. The molecular formula is C25H25ClF2N2O4S. The maximum atomic E-state index is 14.5. The summed E-state index contributed by atoms with van der Waals surface area (Å²) in [4.78, 5) is 0.0138. The first kappa shape index (κ1) is 25.2. The zero-order valence-corrected chi connectivity index (χ0v) is 20.8. The van der Waals surface area contributed by atoms with Gasteiger partial charge in [0.15, 0.2) is 11.5 Å². The van der Waals surface area contributed by atoms with E-state index in [0.717, 1.165) is 18.2 Å². The molecule has 1 aliphatic heterocycles. The first-order valence-corrected chi connectivity index (χ1v) is 12.8. The van der Waals surface area contributed by atoms with Crippen molar-refractivity contribution in [1.82, 2.24) is 5.32 Å². The lowest BCUT2D eigenvalue weighted by molar-refractivity contribution is 0.354. The van der Waals surface area contributed by atoms with Crippen molar-refractivity contribution in [3.05, 3.63) is 82.4 Å². The number of hydrogen-bond donors (Lipinski definition) is 1. The summed E-state index contributed by atoms with van der Waals surface area (Å²) < 4.78 is 68.3. The van der Waals surface area contributed by atoms with Gasteiger partial charge in [-0.1, -0.05) is 11.6 Å². The number of nitrogens with zero attached hydrogens (tertiary/aromatic N) is 1. The van der Waals surface area contributed by atoms with E-state index in [2.05, 4.69) is 5.32 Å². The first-order valence-electron chi connectivity index (χ1n) is 10.9. The zero-order chi connectivity index (χ0) is 25.2. The van der Waals surface area contributed by atoms with Gasteiger partial charge in [-0.05, 0) is 72.6 Å². The molecule has 1 fully saturated rings. The summed E-state index contributed by atoms with van der Waals surface area (Å²) in [5.41, 5.74) is 0.904. The van der Waals surface area contributed by atoms with E-state index in [0.29, 0.717) is 41.5 Å². The largest absolute Gasteiger partial charge is 0.493 e. The molecule has 0 saturated carbocycles. The number of sulfonamides is 1. The third-order valence-corrected chi connectivity index (χ3v) is 8.04. The highest BCUT2D eigenvalue weighted by molar-refractivity contribution is 7.92. The Morgan fingerprint density at radius 2 is 1.77 bits per heavy atom. The van der Waals surface area contributed by atoms with Gasteiger partial charge in [0.25, 0.3) is 10.0 Å². The quantitative estimate of drug-likeness (QED) is 0.461. The Labute approximate surface area is 208 Å². The van der Waals surface area contributed by atoms with Crippen LogP contribution >= 0.6 is 11.6 Å². The van der Waals surface area contributed by atoms with Crippen LogP contribution in [0.1, 0.15) is 17.5 Å². The van der Waals surface area contributed by atoms with Crippen molar-refractivity contribution in [2.45, 2.75) is 23.8 Å². The number of benzene rings is 3. The highest BCUT2D eigenvalue weighted by Crippen LogP contribution is 2.37. The second-order valence-electron chi connectivity index (χ2n) is 8.15. The van der Waals surface area contributed by atoms with Crippen LogP contribution in [-0.4, -0.2) is 41.8 Å². The molecule has 1 aliphatic rings. The van der Waals surface area contributed by atoms with Gasteiger partial charge in [0, 0.05) is 24.1 Å². The Kier molecular flexibility index (Phi) is 7.49. The highest BCUT2D eigenvalue weighted by atomic mass is 35.5. The molecule has 0 aromatic heterocycles. The summed E-state index contributed by atoms with van der Waals surface area (Å²) in [6, 6.07) is 12.0. The van der Waals surface area contributed by atoms with Crippen molar-refractivity contribution < 1.29 is 26.7 Å². The summed E-state index contributed by atoms with van der Waals surface area (Å²) in [7, 11) is -1.20. The molecule has 0 amide bonds. The summed E-state index contributed by atoms with van der Waals surface area (Å²) in [5.74, 6) is -0.500. The molecule has 4 rings (SSSR count). The molecule has 0 aliphatic carbocycles. The number of halogens is 3. The molecule has 1 atom stereocenters. The van der Waals surface area contributed by atoms with Gasteiger partial charge in [-0.2, -0.15) is 0 Å². The SMILES string of the molecule is COc1ccc(S(=O)(=O)N(c2ccc(Cl)cc2Cc2cc(F)ccc2F)C2CCNC2)cc1OC. The lowest BCUT2D eigenvalue weighted by atomic mass is 10.0. The highest BCUT2D eigenvalue weighted by Gasteiger charge is 2.35. The Bertz CT molecular complexity index is 1330. The lowest BCUT2D eigenvalue weighted by Gasteiger charge is -2.32. The van der Waals surface area contributed by atoms with Crippen molar-refractivity contribution in [3.8, 4) is 11.5 Å². The monoisotopic (exact) mass is 522 g/mol. The van der Waals surface area contributed by atoms with Gasteiger partial charge in [0.05, 0.1) is 30.8 Å². The van der Waals surface area contributed by atoms with E-state index in [-0.39, 0.29) is 22.6 Å². The van der Waals surface area contributed by atoms with E-state index in [9.17, 15) is 17.2 Å². The molecule has 0 spiro atoms. The van der Waals surface area contributed by atoms with E-state index < -0.39 is 27.7 Å². The third kappa shape index (κ3) is 5.22. The average Bonchev–Trinajstić information content (AvgIpc) is 3.36. The smallest absolute Gasteiger partial charge is 0.264 e. The predicted molar refractivity (Wildman–Crippen MR) is 131 cm³/mol. The van der Waals surface area contributed by atoms with Gasteiger partial charge in [0.1, 0.15) is 11.6 Å². The van der Waals surface area contributed by atoms with Crippen molar-refractivity contribution in [2.75, 3.05) is 31.6 Å². The molecule has 1 unspecified atom stereocenters. The Balaban J connectivity index is 1.86. The Morgan fingerprint density at radius 1 is 1.00 bits per heavy atom. The zero-order valence-electron chi connectivity index (χ0n) is 19.2. The van der Waals surface area contributed by atoms with Crippen LogP contribution in [0, 0.1) is 11.6 Å². The molecule has 0 bridgehead atoms. The Morgan fingerprint density at radius 3 is 2.46 bits per heavy atom. The molecule has 10 heteroatoms. The molecule has 3 aromatic rings. The normalized spacial score (nSPS) is 15.7. The van der Waals surface area contributed by atoms with E-state index >= 15 is 0 Å². The molecule has 6 nitrogen and oxygen atoms in total. The van der Waals surface area contributed by atoms with Gasteiger partial charge in [-0.25, -0.2) is 17.2 Å². The van der Waals surface area contributed by atoms with Gasteiger partial charge >= 0.3 is 0 Å². The van der Waals surface area contributed by atoms with E-state index in [4.69, 9.17) is 21.1 Å². The van der Waals surface area contributed by atoms with Gasteiger partial charge in [-0.15, -0.1) is 0 Å². The number of methoxy groups -OCH3 is 2. The summed E-state index contributed by atoms with van der Waals surface area (Å²) in [6.07, 6.45) is 0.528. The van der Waals surface area contributed by atoms with Crippen LogP contribution in [-0.2, 0) is 16.4 Å². The number of ether oxygens (including phenoxy) is 2. The minimum atomic E-state index is -4.09. The topological polar surface area (TPSA) is 67.9 Å². The maximum absolute atomic E-state index is 14.5. The molecule has 3 aromatic carbocycles. The van der Waals surface area contributed by atoms with E-state index in [1.54, 1.807) is 18.2 Å². The van der Waals surface area contributed by atoms with Crippen LogP contribution in [0.15, 0.2) is 59.5 Å². The van der Waals surface area contributed by atoms with E-state index in [1.165, 1.54) is 36.7 Å². The molecule has 1 heterocycles. The van der Waals surface area contributed by atoms with Gasteiger partial charge in [-0.3, -0.25) is 4.31 Å². The summed E-state index contributed by atoms with van der Waals surface area (Å²) >= 11 is 6.24. The Hall–Kier alpha value is -2.88. The van der Waals surface area contributed by atoms with Crippen LogP contribution in [0.5, 0.6) is 11.5 Å². The molecule has 186 valence electrons. The third-order valence-electron chi connectivity index (χ3n) is 5.95. The van der Waals surface area contributed by atoms with Crippen LogP contribution in [0.2, 0.25) is 5.02 Å². The predicted octanol–water partition coefficient (Wildman–Crippen LogP) is 4.78. The minimum absolute atomic E-state index is 0.0138. The van der Waals surface area contributed by atoms with Crippen LogP contribution < -0.4 is 19.1 Å². The second-order valence-corrected chi connectivity index (χ2v) is 10.4. The van der Waals surface area contributed by atoms with Crippen LogP contribution in [0.25, 0.3) is 0 Å². The number of rotatable bonds is 8. The molecular weight excluding hydrogens is 498 g/mol. The van der Waals surface area contributed by atoms with Crippen molar-refractivity contribution in [1.29, 1.82) is 0 Å². The fourth-order valence-corrected chi connectivity index (χ4v) is 6.17. The van der Waals surface area contributed by atoms with Crippen molar-refractivity contribution in [3.63, 3.8) is 0 Å². The molecule has 35 heavy (non-hydrogen) atoms. The molecule has 1 saturated heterocycles. The first-order chi connectivity index (χ1) is 16.7. The van der Waals surface area contributed by atoms with Crippen LogP contribution in [0.3, 0.4) is 0 Å². The molecule has 1 N–H and O–H groups in total. The number of hydrogen-bond acceptors (Lipinski definition) is 5. The standard InChI is InChI=1S/C25H25ClF2N2O4S/c1-33-24-8-5-21(14-25(24)34-2)35(31,32)30(20-9-10-29-15-20)23-7-3-18(26)12-17(23)11-16-13-19(27)4-6-22(16)28/h3-8,12-14,20,29H,9-11,15H2,1-2H3. The summed E-state index contributed by atoms with van der Waals surface area (Å²) in [5, 5.41) is 3.55. The van der Waals surface area contributed by atoms with Crippen molar-refractivity contribution >= 4 is 27.3 Å². The number of anilines is 1. The van der Waals surface area contributed by atoms with Crippen LogP contribution in [0.4, 0.5) is 14.5 Å². The fourth-order valence-electron chi connectivity index (χ4n) is 4.25. The average molecular weight is 523 g/mol. The maximum Gasteiger partial charge on any atom is 0.264 e. The van der Waals surface area contributed by atoms with Gasteiger partial charge < -0.3 is 14.8 Å². The number of nitrogens with one attached hydrogen (secondary N) is 1. The second kappa shape index (κ2) is 10.4. The lowest BCUT2D eigenvalue weighted by Crippen LogP contribution is -2.42. The molecule has 0 radical (unpaired) electrons. The van der Waals surface area contributed by atoms with E-state index in [1.807, 2.05) is 0 Å². The minimum Gasteiger partial charge on any atom is -0.493 e. The van der Waals surface area contributed by atoms with Crippen molar-refractivity contribution in [2.24, 2.45) is 0 Å². The van der Waals surface area contributed by atoms with Gasteiger partial charge in [0.2, 0.25) is 0 Å².